The molecule has 0 aliphatic heterocycles. The van der Waals surface area contributed by atoms with Gasteiger partial charge in [0.2, 0.25) is 5.95 Å². The molecule has 0 radical (unpaired) electrons. The van der Waals surface area contributed by atoms with Gasteiger partial charge in [-0.2, -0.15) is 4.98 Å². The van der Waals surface area contributed by atoms with E-state index < -0.39 is 5.97 Å². The van der Waals surface area contributed by atoms with Crippen molar-refractivity contribution in [2.45, 2.75) is 6.54 Å². The van der Waals surface area contributed by atoms with Gasteiger partial charge in [-0.05, 0) is 35.9 Å². The van der Waals surface area contributed by atoms with Gasteiger partial charge in [-0.1, -0.05) is 48.5 Å². The number of aromatic nitrogens is 2. The molecule has 6 nitrogen and oxygen atoms in total. The van der Waals surface area contributed by atoms with Gasteiger partial charge in [-0.3, -0.25) is 0 Å². The van der Waals surface area contributed by atoms with Gasteiger partial charge < -0.3 is 15.4 Å². The normalized spacial score (nSPS) is 10.5. The second kappa shape index (κ2) is 8.39. The molecule has 4 aromatic rings. The maximum absolute atomic E-state index is 11.8. The van der Waals surface area contributed by atoms with E-state index in [1.807, 2.05) is 48.5 Å². The summed E-state index contributed by atoms with van der Waals surface area (Å²) in [5.74, 6) is 0.797. The second-order valence-corrected chi connectivity index (χ2v) is 6.45. The fourth-order valence-corrected chi connectivity index (χ4v) is 3.02. The smallest absolute Gasteiger partial charge is 0.337 e. The van der Waals surface area contributed by atoms with Crippen molar-refractivity contribution in [3.05, 3.63) is 90.0 Å². The Morgan fingerprint density at radius 2 is 1.72 bits per heavy atom. The zero-order valence-electron chi connectivity index (χ0n) is 15.9. The number of rotatable bonds is 6. The summed E-state index contributed by atoms with van der Waals surface area (Å²) in [5, 5.41) is 7.53. The molecule has 0 atom stereocenters. The van der Waals surface area contributed by atoms with Crippen molar-refractivity contribution in [1.82, 2.24) is 9.97 Å². The first-order valence-electron chi connectivity index (χ1n) is 9.23. The summed E-state index contributed by atoms with van der Waals surface area (Å²) >= 11 is 0. The number of benzene rings is 3. The molecule has 0 amide bonds. The number of fused-ring (bicyclic) bond motifs is 1. The van der Waals surface area contributed by atoms with E-state index in [2.05, 4.69) is 32.7 Å². The minimum Gasteiger partial charge on any atom is -0.465 e. The highest BCUT2D eigenvalue weighted by atomic mass is 16.5. The summed E-state index contributed by atoms with van der Waals surface area (Å²) in [6.07, 6.45) is 0. The maximum atomic E-state index is 11.8. The van der Waals surface area contributed by atoms with Crippen LogP contribution in [-0.2, 0) is 11.3 Å². The minimum absolute atomic E-state index is 0.390. The van der Waals surface area contributed by atoms with Crippen LogP contribution in [0.5, 0.6) is 0 Å². The molecule has 0 unspecified atom stereocenters. The van der Waals surface area contributed by atoms with Gasteiger partial charge in [-0.15, -0.1) is 0 Å². The van der Waals surface area contributed by atoms with Crippen LogP contribution >= 0.6 is 0 Å². The van der Waals surface area contributed by atoms with Crippen LogP contribution in [0.15, 0.2) is 78.9 Å². The predicted molar refractivity (Wildman–Crippen MR) is 114 cm³/mol. The zero-order valence-corrected chi connectivity index (χ0v) is 15.9. The van der Waals surface area contributed by atoms with E-state index >= 15 is 0 Å². The number of methoxy groups -OCH3 is 1. The van der Waals surface area contributed by atoms with Crippen LogP contribution in [0, 0.1) is 0 Å². The molecule has 4 rings (SSSR count). The molecular formula is C23H20N4O2. The number of hydrogen-bond acceptors (Lipinski definition) is 6. The summed E-state index contributed by atoms with van der Waals surface area (Å²) in [6, 6.07) is 25.0. The van der Waals surface area contributed by atoms with Crippen LogP contribution < -0.4 is 10.6 Å². The van der Waals surface area contributed by atoms with E-state index in [1.165, 1.54) is 7.11 Å². The first-order valence-corrected chi connectivity index (χ1v) is 9.23. The number of carbonyl (C=O) groups excluding carboxylic acids is 1. The average molecular weight is 384 g/mol. The van der Waals surface area contributed by atoms with Crippen LogP contribution in [0.3, 0.4) is 0 Å². The molecule has 0 spiro atoms. The highest BCUT2D eigenvalue weighted by Crippen LogP contribution is 2.24. The van der Waals surface area contributed by atoms with E-state index in [0.717, 1.165) is 22.3 Å². The molecule has 1 heterocycles. The molecule has 6 heteroatoms. The molecule has 0 aliphatic rings. The van der Waals surface area contributed by atoms with E-state index in [9.17, 15) is 4.79 Å². The summed E-state index contributed by atoms with van der Waals surface area (Å²) in [6.45, 7) is 0.652. The fraction of sp³-hybridized carbons (Fsp3) is 0.0870. The third-order valence-corrected chi connectivity index (χ3v) is 4.45. The Balaban J connectivity index is 1.64. The summed E-state index contributed by atoms with van der Waals surface area (Å²) in [5.41, 5.74) is 3.15. The lowest BCUT2D eigenvalue weighted by Crippen LogP contribution is -2.06. The zero-order chi connectivity index (χ0) is 20.1. The third-order valence-electron chi connectivity index (χ3n) is 4.45. The van der Waals surface area contributed by atoms with Crippen molar-refractivity contribution in [3.8, 4) is 0 Å². The summed E-state index contributed by atoms with van der Waals surface area (Å²) in [7, 11) is 1.36. The average Bonchev–Trinajstić information content (AvgIpc) is 2.78. The molecule has 3 aromatic carbocycles. The third kappa shape index (κ3) is 4.32. The minimum atomic E-state index is -0.390. The first kappa shape index (κ1) is 18.4. The standard InChI is InChI=1S/C23H20N4O2/c1-29-22(28)17-10-7-11-18(14-17)25-23-26-20-13-6-5-12-19(20)21(27-23)24-15-16-8-3-2-4-9-16/h2-14H,15H2,1H3,(H2,24,25,26,27). The lowest BCUT2D eigenvalue weighted by atomic mass is 10.2. The monoisotopic (exact) mass is 384 g/mol. The molecule has 0 fully saturated rings. The van der Waals surface area contributed by atoms with E-state index in [0.29, 0.717) is 23.7 Å². The van der Waals surface area contributed by atoms with Crippen LogP contribution in [0.4, 0.5) is 17.5 Å². The highest BCUT2D eigenvalue weighted by Gasteiger charge is 2.10. The van der Waals surface area contributed by atoms with Gasteiger partial charge in [-0.25, -0.2) is 9.78 Å². The lowest BCUT2D eigenvalue weighted by molar-refractivity contribution is 0.0601. The molecule has 0 bridgehead atoms. The van der Waals surface area contributed by atoms with Gasteiger partial charge >= 0.3 is 5.97 Å². The fourth-order valence-electron chi connectivity index (χ4n) is 3.02. The highest BCUT2D eigenvalue weighted by molar-refractivity contribution is 5.91. The maximum Gasteiger partial charge on any atom is 0.337 e. The summed E-state index contributed by atoms with van der Waals surface area (Å²) < 4.78 is 4.78. The first-order chi connectivity index (χ1) is 14.2. The van der Waals surface area contributed by atoms with Gasteiger partial charge in [0.05, 0.1) is 18.2 Å². The Labute approximate surface area is 168 Å². The number of nitrogens with one attached hydrogen (secondary N) is 2. The van der Waals surface area contributed by atoms with E-state index in [4.69, 9.17) is 4.74 Å². The topological polar surface area (TPSA) is 76.1 Å². The Morgan fingerprint density at radius 1 is 0.931 bits per heavy atom. The van der Waals surface area contributed by atoms with Gasteiger partial charge in [0, 0.05) is 17.6 Å². The Morgan fingerprint density at radius 3 is 2.55 bits per heavy atom. The number of esters is 1. The predicted octanol–water partition coefficient (Wildman–Crippen LogP) is 4.77. The molecule has 144 valence electrons. The van der Waals surface area contributed by atoms with Crippen molar-refractivity contribution in [2.24, 2.45) is 0 Å². The molecule has 0 saturated heterocycles. The van der Waals surface area contributed by atoms with Crippen molar-refractivity contribution in [3.63, 3.8) is 0 Å². The SMILES string of the molecule is COC(=O)c1cccc(Nc2nc(NCc3ccccc3)c3ccccc3n2)c1. The largest absolute Gasteiger partial charge is 0.465 e. The van der Waals surface area contributed by atoms with E-state index in [-0.39, 0.29) is 0 Å². The van der Waals surface area contributed by atoms with Crippen molar-refractivity contribution >= 4 is 34.3 Å². The van der Waals surface area contributed by atoms with Crippen LogP contribution in [0.1, 0.15) is 15.9 Å². The molecule has 0 saturated carbocycles. The van der Waals surface area contributed by atoms with Gasteiger partial charge in [0.15, 0.2) is 0 Å². The number of carbonyl (C=O) groups is 1. The second-order valence-electron chi connectivity index (χ2n) is 6.45. The van der Waals surface area contributed by atoms with Crippen LogP contribution in [0.2, 0.25) is 0 Å². The molecule has 29 heavy (non-hydrogen) atoms. The molecule has 1 aromatic heterocycles. The van der Waals surface area contributed by atoms with Crippen molar-refractivity contribution in [2.75, 3.05) is 17.7 Å². The van der Waals surface area contributed by atoms with Crippen molar-refractivity contribution < 1.29 is 9.53 Å². The lowest BCUT2D eigenvalue weighted by Gasteiger charge is -2.12. The van der Waals surface area contributed by atoms with Crippen LogP contribution in [0.25, 0.3) is 10.9 Å². The van der Waals surface area contributed by atoms with Crippen LogP contribution in [-0.4, -0.2) is 23.0 Å². The Bertz CT molecular complexity index is 1150. The molecular weight excluding hydrogens is 364 g/mol. The Hall–Kier alpha value is -3.93. The number of para-hydroxylation sites is 1. The molecule has 2 N–H and O–H groups in total. The quantitative estimate of drug-likeness (QED) is 0.466. The van der Waals surface area contributed by atoms with Crippen molar-refractivity contribution in [1.29, 1.82) is 0 Å². The molecule has 0 aliphatic carbocycles. The van der Waals surface area contributed by atoms with Gasteiger partial charge in [0.1, 0.15) is 5.82 Å². The van der Waals surface area contributed by atoms with Gasteiger partial charge in [0.25, 0.3) is 0 Å². The number of nitrogens with zero attached hydrogens (tertiary/aromatic N) is 2. The number of anilines is 3. The number of ether oxygens (including phenoxy) is 1. The van der Waals surface area contributed by atoms with E-state index in [1.54, 1.807) is 18.2 Å². The number of hydrogen-bond donors (Lipinski definition) is 2. The summed E-state index contributed by atoms with van der Waals surface area (Å²) in [4.78, 5) is 21.0. The Kier molecular flexibility index (Phi) is 5.33.